The van der Waals surface area contributed by atoms with Gasteiger partial charge in [-0.15, -0.1) is 0 Å². The fraction of sp³-hybridized carbons (Fsp3) is 0.455. The van der Waals surface area contributed by atoms with Crippen molar-refractivity contribution in [2.45, 2.75) is 25.1 Å². The van der Waals surface area contributed by atoms with Crippen LogP contribution < -0.4 is 10.6 Å². The molecule has 0 atom stereocenters. The molecule has 0 spiro atoms. The van der Waals surface area contributed by atoms with E-state index in [0.717, 1.165) is 12.1 Å². The van der Waals surface area contributed by atoms with Crippen LogP contribution in [0.3, 0.4) is 0 Å². The molecule has 0 heterocycles. The summed E-state index contributed by atoms with van der Waals surface area (Å²) in [7, 11) is 0. The van der Waals surface area contributed by atoms with Gasteiger partial charge >= 0.3 is 6.18 Å². The van der Waals surface area contributed by atoms with Crippen LogP contribution >= 0.6 is 0 Å². The molecule has 0 aliphatic heterocycles. The van der Waals surface area contributed by atoms with Gasteiger partial charge in [0.25, 0.3) is 0 Å². The summed E-state index contributed by atoms with van der Waals surface area (Å²) in [4.78, 5) is 1.17. The molecule has 0 amide bonds. The largest absolute Gasteiger partial charge is 0.405 e. The molecule has 17 heavy (non-hydrogen) atoms. The molecule has 1 fully saturated rings. The number of anilines is 2. The van der Waals surface area contributed by atoms with Crippen molar-refractivity contribution >= 4 is 11.4 Å². The zero-order valence-corrected chi connectivity index (χ0v) is 8.97. The molecule has 1 aromatic rings. The Kier molecular flexibility index (Phi) is 2.89. The number of rotatable bonds is 3. The molecular weight excluding hydrogens is 236 g/mol. The summed E-state index contributed by atoms with van der Waals surface area (Å²) in [5.41, 5.74) is 5.76. The van der Waals surface area contributed by atoms with Crippen molar-refractivity contribution in [2.75, 3.05) is 17.2 Å². The van der Waals surface area contributed by atoms with Gasteiger partial charge in [-0.25, -0.2) is 4.39 Å². The van der Waals surface area contributed by atoms with Gasteiger partial charge in [0.05, 0.1) is 0 Å². The lowest BCUT2D eigenvalue weighted by Gasteiger charge is -2.26. The van der Waals surface area contributed by atoms with E-state index in [1.807, 2.05) is 0 Å². The van der Waals surface area contributed by atoms with E-state index in [-0.39, 0.29) is 17.4 Å². The zero-order valence-electron chi connectivity index (χ0n) is 8.97. The third-order valence-corrected chi connectivity index (χ3v) is 2.57. The number of nitrogens with two attached hydrogens (primary N) is 1. The molecule has 2 N–H and O–H groups in total. The highest BCUT2D eigenvalue weighted by Crippen LogP contribution is 2.35. The maximum atomic E-state index is 13.1. The maximum Gasteiger partial charge on any atom is 0.405 e. The zero-order chi connectivity index (χ0) is 12.6. The Hall–Kier alpha value is -1.46. The van der Waals surface area contributed by atoms with Crippen LogP contribution in [-0.4, -0.2) is 18.8 Å². The van der Waals surface area contributed by atoms with Crippen molar-refractivity contribution in [3.63, 3.8) is 0 Å². The van der Waals surface area contributed by atoms with Gasteiger partial charge in [-0.3, -0.25) is 0 Å². The van der Waals surface area contributed by atoms with Crippen LogP contribution in [-0.2, 0) is 0 Å². The number of nitrogens with zero attached hydrogens (tertiary/aromatic N) is 1. The van der Waals surface area contributed by atoms with Gasteiger partial charge in [-0.1, -0.05) is 0 Å². The summed E-state index contributed by atoms with van der Waals surface area (Å²) in [6.45, 7) is -1.07. The Morgan fingerprint density at radius 3 is 2.35 bits per heavy atom. The lowest BCUT2D eigenvalue weighted by molar-refractivity contribution is -0.120. The smallest absolute Gasteiger partial charge is 0.399 e. The summed E-state index contributed by atoms with van der Waals surface area (Å²) in [6.07, 6.45) is -2.90. The third kappa shape index (κ3) is 3.25. The van der Waals surface area contributed by atoms with Crippen LogP contribution in [0.25, 0.3) is 0 Å². The average Bonchev–Trinajstić information content (AvgIpc) is 2.94. The summed E-state index contributed by atoms with van der Waals surface area (Å²) in [5, 5.41) is 0. The minimum atomic E-state index is -4.30. The summed E-state index contributed by atoms with van der Waals surface area (Å²) in [6, 6.07) is 3.38. The fourth-order valence-corrected chi connectivity index (χ4v) is 1.77. The van der Waals surface area contributed by atoms with Gasteiger partial charge in [0.15, 0.2) is 0 Å². The Morgan fingerprint density at radius 1 is 1.24 bits per heavy atom. The Morgan fingerprint density at radius 2 is 1.88 bits per heavy atom. The second-order valence-corrected chi connectivity index (χ2v) is 4.22. The van der Waals surface area contributed by atoms with Gasteiger partial charge < -0.3 is 10.6 Å². The molecule has 1 aliphatic rings. The maximum absolute atomic E-state index is 13.1. The van der Waals surface area contributed by atoms with Crippen LogP contribution in [0.4, 0.5) is 28.9 Å². The summed E-state index contributed by atoms with van der Waals surface area (Å²) >= 11 is 0. The van der Waals surface area contributed by atoms with Crippen molar-refractivity contribution in [1.29, 1.82) is 0 Å². The molecule has 0 radical (unpaired) electrons. The second kappa shape index (κ2) is 4.09. The van der Waals surface area contributed by atoms with Crippen LogP contribution in [0, 0.1) is 5.82 Å². The Balaban J connectivity index is 2.26. The highest BCUT2D eigenvalue weighted by Gasteiger charge is 2.38. The molecule has 0 saturated heterocycles. The van der Waals surface area contributed by atoms with E-state index in [1.54, 1.807) is 0 Å². The van der Waals surface area contributed by atoms with E-state index >= 15 is 0 Å². The van der Waals surface area contributed by atoms with E-state index in [2.05, 4.69) is 0 Å². The highest BCUT2D eigenvalue weighted by atomic mass is 19.4. The number of halogens is 4. The molecular formula is C11H12F4N2. The van der Waals surface area contributed by atoms with Crippen LogP contribution in [0.15, 0.2) is 18.2 Å². The molecule has 1 saturated carbocycles. The Bertz CT molecular complexity index is 392. The van der Waals surface area contributed by atoms with E-state index in [0.29, 0.717) is 12.8 Å². The summed E-state index contributed by atoms with van der Waals surface area (Å²) < 4.78 is 50.4. The number of hydrogen-bond acceptors (Lipinski definition) is 2. The first-order chi connectivity index (χ1) is 7.85. The van der Waals surface area contributed by atoms with Crippen LogP contribution in [0.1, 0.15) is 12.8 Å². The first kappa shape index (κ1) is 12.0. The molecule has 1 aliphatic carbocycles. The van der Waals surface area contributed by atoms with E-state index in [1.165, 1.54) is 11.0 Å². The Labute approximate surface area is 96.0 Å². The van der Waals surface area contributed by atoms with Gasteiger partial charge in [-0.2, -0.15) is 13.2 Å². The number of alkyl halides is 3. The predicted octanol–water partition coefficient (Wildman–Crippen LogP) is 2.94. The average molecular weight is 248 g/mol. The molecule has 2 rings (SSSR count). The van der Waals surface area contributed by atoms with Crippen molar-refractivity contribution in [2.24, 2.45) is 0 Å². The summed E-state index contributed by atoms with van der Waals surface area (Å²) in [5.74, 6) is -0.618. The van der Waals surface area contributed by atoms with Crippen LogP contribution in [0.2, 0.25) is 0 Å². The molecule has 94 valence electrons. The number of nitrogen functional groups attached to an aromatic ring is 1. The van der Waals surface area contributed by atoms with Crippen molar-refractivity contribution in [3.8, 4) is 0 Å². The molecule has 1 aromatic carbocycles. The van der Waals surface area contributed by atoms with E-state index in [9.17, 15) is 17.6 Å². The molecule has 0 bridgehead atoms. The lowest BCUT2D eigenvalue weighted by Crippen LogP contribution is -2.36. The van der Waals surface area contributed by atoms with E-state index < -0.39 is 18.5 Å². The minimum Gasteiger partial charge on any atom is -0.399 e. The first-order valence-corrected chi connectivity index (χ1v) is 5.24. The van der Waals surface area contributed by atoms with Crippen molar-refractivity contribution in [3.05, 3.63) is 24.0 Å². The van der Waals surface area contributed by atoms with Gasteiger partial charge in [0, 0.05) is 17.4 Å². The van der Waals surface area contributed by atoms with Gasteiger partial charge in [0.2, 0.25) is 0 Å². The van der Waals surface area contributed by atoms with Crippen molar-refractivity contribution in [1.82, 2.24) is 0 Å². The first-order valence-electron chi connectivity index (χ1n) is 5.24. The quantitative estimate of drug-likeness (QED) is 0.658. The van der Waals surface area contributed by atoms with Gasteiger partial charge in [-0.05, 0) is 31.0 Å². The molecule has 0 unspecified atom stereocenters. The third-order valence-electron chi connectivity index (χ3n) is 2.57. The number of hydrogen-bond donors (Lipinski definition) is 1. The normalized spacial score (nSPS) is 16.0. The second-order valence-electron chi connectivity index (χ2n) is 4.22. The fourth-order valence-electron chi connectivity index (χ4n) is 1.77. The monoisotopic (exact) mass is 248 g/mol. The minimum absolute atomic E-state index is 0.132. The SMILES string of the molecule is Nc1cc(F)cc(N(CC(F)(F)F)C2CC2)c1. The topological polar surface area (TPSA) is 29.3 Å². The molecule has 6 heteroatoms. The molecule has 0 aromatic heterocycles. The molecule has 2 nitrogen and oxygen atoms in total. The number of benzene rings is 1. The van der Waals surface area contributed by atoms with Crippen LogP contribution in [0.5, 0.6) is 0 Å². The highest BCUT2D eigenvalue weighted by molar-refractivity contribution is 5.57. The van der Waals surface area contributed by atoms with E-state index in [4.69, 9.17) is 5.73 Å². The lowest BCUT2D eigenvalue weighted by atomic mass is 10.2. The van der Waals surface area contributed by atoms with Gasteiger partial charge in [0.1, 0.15) is 12.4 Å². The van der Waals surface area contributed by atoms with Crippen molar-refractivity contribution < 1.29 is 17.6 Å². The predicted molar refractivity (Wildman–Crippen MR) is 57.2 cm³/mol. The standard InChI is InChI=1S/C11H12F4N2/c12-7-3-8(16)5-10(4-7)17(9-1-2-9)6-11(13,14)15/h3-5,9H,1-2,6,16H2.